The molecule has 0 aliphatic carbocycles. The lowest BCUT2D eigenvalue weighted by atomic mass is 10.1. The molecule has 0 spiro atoms. The first-order valence-electron chi connectivity index (χ1n) is 4.73. The van der Waals surface area contributed by atoms with Gasteiger partial charge in [-0.1, -0.05) is 37.8 Å². The predicted octanol–water partition coefficient (Wildman–Crippen LogP) is 3.60. The molecule has 0 aliphatic rings. The van der Waals surface area contributed by atoms with E-state index in [0.29, 0.717) is 11.1 Å². The minimum absolute atomic E-state index is 0.0748. The van der Waals surface area contributed by atoms with Gasteiger partial charge in [-0.2, -0.15) is 0 Å². The summed E-state index contributed by atoms with van der Waals surface area (Å²) < 4.78 is 0. The largest absolute Gasteiger partial charge is 0.289 e. The average molecular weight is 190 g/mol. The first-order chi connectivity index (χ1) is 6.49. The molecule has 0 saturated heterocycles. The van der Waals surface area contributed by atoms with Crippen LogP contribution in [0.25, 0.3) is 0 Å². The van der Waals surface area contributed by atoms with Gasteiger partial charge < -0.3 is 0 Å². The minimum atomic E-state index is -0.0748. The van der Waals surface area contributed by atoms with Crippen molar-refractivity contribution in [2.75, 3.05) is 0 Å². The zero-order chi connectivity index (χ0) is 11.1. The van der Waals surface area contributed by atoms with Crippen LogP contribution < -0.4 is 0 Å². The molecular formula is C13H18O. The van der Waals surface area contributed by atoms with Crippen LogP contribution in [-0.2, 0) is 4.79 Å². The van der Waals surface area contributed by atoms with Crippen LogP contribution in [-0.4, -0.2) is 5.78 Å². The highest BCUT2D eigenvalue weighted by Gasteiger charge is 2.04. The van der Waals surface area contributed by atoms with Gasteiger partial charge >= 0.3 is 0 Å². The fourth-order valence-corrected chi connectivity index (χ4v) is 0.966. The standard InChI is InChI=1S/C13H18O/c1-6-7-8-11(4)9-12(5)13(14)10(2)3/h7-9H,2,5-6H2,1,3-4H3/b8-7-,11-9-. The molecule has 0 heterocycles. The van der Waals surface area contributed by atoms with Gasteiger partial charge in [-0.3, -0.25) is 4.79 Å². The number of Topliss-reactive ketones (excluding diaryl/α,β-unsaturated/α-hetero) is 1. The third kappa shape index (κ3) is 4.61. The van der Waals surface area contributed by atoms with Crippen molar-refractivity contribution in [3.05, 3.63) is 48.1 Å². The molecule has 1 heteroatoms. The Morgan fingerprint density at radius 3 is 2.29 bits per heavy atom. The Morgan fingerprint density at radius 1 is 1.29 bits per heavy atom. The Morgan fingerprint density at radius 2 is 1.86 bits per heavy atom. The van der Waals surface area contributed by atoms with Gasteiger partial charge in [0.25, 0.3) is 0 Å². The summed E-state index contributed by atoms with van der Waals surface area (Å²) in [5.74, 6) is -0.0748. The first-order valence-corrected chi connectivity index (χ1v) is 4.73. The van der Waals surface area contributed by atoms with Crippen LogP contribution >= 0.6 is 0 Å². The highest BCUT2D eigenvalue weighted by Crippen LogP contribution is 2.07. The Hall–Kier alpha value is -1.37. The maximum absolute atomic E-state index is 11.4. The van der Waals surface area contributed by atoms with Crippen molar-refractivity contribution >= 4 is 5.78 Å². The maximum atomic E-state index is 11.4. The van der Waals surface area contributed by atoms with E-state index < -0.39 is 0 Å². The molecule has 0 amide bonds. The molecule has 1 nitrogen and oxygen atoms in total. The normalized spacial score (nSPS) is 11.8. The number of allylic oxidation sites excluding steroid dienone is 6. The van der Waals surface area contributed by atoms with E-state index in [1.165, 1.54) is 0 Å². The van der Waals surface area contributed by atoms with E-state index >= 15 is 0 Å². The monoisotopic (exact) mass is 190 g/mol. The quantitative estimate of drug-likeness (QED) is 0.478. The number of rotatable bonds is 5. The van der Waals surface area contributed by atoms with Crippen LogP contribution in [0.5, 0.6) is 0 Å². The van der Waals surface area contributed by atoms with Gasteiger partial charge in [-0.05, 0) is 31.9 Å². The number of hydrogen-bond acceptors (Lipinski definition) is 1. The second-order valence-corrected chi connectivity index (χ2v) is 3.33. The lowest BCUT2D eigenvalue weighted by Gasteiger charge is -1.99. The molecule has 0 aliphatic heterocycles. The lowest BCUT2D eigenvalue weighted by molar-refractivity contribution is -0.111. The molecule has 0 saturated carbocycles. The molecule has 0 aromatic rings. The topological polar surface area (TPSA) is 17.1 Å². The minimum Gasteiger partial charge on any atom is -0.289 e. The van der Waals surface area contributed by atoms with E-state index in [2.05, 4.69) is 20.1 Å². The molecule has 0 bridgehead atoms. The molecule has 0 aromatic carbocycles. The summed E-state index contributed by atoms with van der Waals surface area (Å²) in [5.41, 5.74) is 2.06. The number of carbonyl (C=O) groups is 1. The fourth-order valence-electron chi connectivity index (χ4n) is 0.966. The number of hydrogen-bond donors (Lipinski definition) is 0. The zero-order valence-electron chi connectivity index (χ0n) is 9.26. The van der Waals surface area contributed by atoms with Crippen molar-refractivity contribution in [2.45, 2.75) is 27.2 Å². The fraction of sp³-hybridized carbons (Fsp3) is 0.308. The van der Waals surface area contributed by atoms with E-state index in [-0.39, 0.29) is 5.78 Å². The van der Waals surface area contributed by atoms with Gasteiger partial charge in [0.05, 0.1) is 0 Å². The molecular weight excluding hydrogens is 172 g/mol. The average Bonchev–Trinajstić information content (AvgIpc) is 2.13. The van der Waals surface area contributed by atoms with Gasteiger partial charge in [0, 0.05) is 5.57 Å². The van der Waals surface area contributed by atoms with E-state index in [4.69, 9.17) is 0 Å². The molecule has 0 fully saturated rings. The molecule has 0 radical (unpaired) electrons. The van der Waals surface area contributed by atoms with Gasteiger partial charge in [0.1, 0.15) is 0 Å². The second-order valence-electron chi connectivity index (χ2n) is 3.33. The summed E-state index contributed by atoms with van der Waals surface area (Å²) in [6.07, 6.45) is 6.80. The summed E-state index contributed by atoms with van der Waals surface area (Å²) in [6, 6.07) is 0. The highest BCUT2D eigenvalue weighted by molar-refractivity contribution is 6.08. The SMILES string of the molecule is C=C(C)C(=O)C(=C)/C=C(C)\C=C/CC. The summed E-state index contributed by atoms with van der Waals surface area (Å²) in [4.78, 5) is 11.4. The second kappa shape index (κ2) is 6.14. The van der Waals surface area contributed by atoms with Crippen LogP contribution in [0.3, 0.4) is 0 Å². The Labute approximate surface area is 86.5 Å². The van der Waals surface area contributed by atoms with Gasteiger partial charge in [-0.25, -0.2) is 0 Å². The summed E-state index contributed by atoms with van der Waals surface area (Å²) in [5, 5.41) is 0. The molecule has 0 unspecified atom stereocenters. The van der Waals surface area contributed by atoms with E-state index in [1.54, 1.807) is 13.0 Å². The lowest BCUT2D eigenvalue weighted by Crippen LogP contribution is -1.99. The summed E-state index contributed by atoms with van der Waals surface area (Å²) in [6.45, 7) is 13.0. The van der Waals surface area contributed by atoms with Crippen LogP contribution in [0.15, 0.2) is 48.1 Å². The van der Waals surface area contributed by atoms with Crippen molar-refractivity contribution < 1.29 is 4.79 Å². The smallest absolute Gasteiger partial charge is 0.187 e. The van der Waals surface area contributed by atoms with Crippen LogP contribution in [0.1, 0.15) is 27.2 Å². The van der Waals surface area contributed by atoms with E-state index in [0.717, 1.165) is 12.0 Å². The summed E-state index contributed by atoms with van der Waals surface area (Å²) >= 11 is 0. The Kier molecular flexibility index (Phi) is 5.54. The third-order valence-corrected chi connectivity index (χ3v) is 1.70. The van der Waals surface area contributed by atoms with Gasteiger partial charge in [-0.15, -0.1) is 0 Å². The van der Waals surface area contributed by atoms with Crippen LogP contribution in [0.2, 0.25) is 0 Å². The number of ketones is 1. The van der Waals surface area contributed by atoms with Crippen LogP contribution in [0, 0.1) is 0 Å². The molecule has 0 atom stereocenters. The van der Waals surface area contributed by atoms with Crippen molar-refractivity contribution in [1.29, 1.82) is 0 Å². The van der Waals surface area contributed by atoms with Crippen molar-refractivity contribution in [2.24, 2.45) is 0 Å². The molecule has 0 aromatic heterocycles. The zero-order valence-corrected chi connectivity index (χ0v) is 9.26. The highest BCUT2D eigenvalue weighted by atomic mass is 16.1. The third-order valence-electron chi connectivity index (χ3n) is 1.70. The van der Waals surface area contributed by atoms with Crippen molar-refractivity contribution in [1.82, 2.24) is 0 Å². The van der Waals surface area contributed by atoms with Gasteiger partial charge in [0.15, 0.2) is 5.78 Å². The first kappa shape index (κ1) is 12.6. The van der Waals surface area contributed by atoms with Gasteiger partial charge in [0.2, 0.25) is 0 Å². The maximum Gasteiger partial charge on any atom is 0.187 e. The van der Waals surface area contributed by atoms with Crippen molar-refractivity contribution in [3.63, 3.8) is 0 Å². The predicted molar refractivity (Wildman–Crippen MR) is 62.1 cm³/mol. The van der Waals surface area contributed by atoms with Crippen LogP contribution in [0.4, 0.5) is 0 Å². The van der Waals surface area contributed by atoms with E-state index in [9.17, 15) is 4.79 Å². The molecule has 76 valence electrons. The Bertz CT molecular complexity index is 303. The Balaban J connectivity index is 4.51. The van der Waals surface area contributed by atoms with E-state index in [1.807, 2.05) is 19.1 Å². The number of carbonyl (C=O) groups excluding carboxylic acids is 1. The molecule has 0 N–H and O–H groups in total. The molecule has 0 rings (SSSR count). The molecule has 14 heavy (non-hydrogen) atoms. The summed E-state index contributed by atoms with van der Waals surface area (Å²) in [7, 11) is 0. The van der Waals surface area contributed by atoms with Crippen molar-refractivity contribution in [3.8, 4) is 0 Å².